The molecule has 10 heteroatoms. The molecule has 1 fully saturated rings. The number of nitrogens with zero attached hydrogens (tertiary/aromatic N) is 2. The van der Waals surface area contributed by atoms with E-state index in [0.717, 1.165) is 23.7 Å². The fraction of sp³-hybridized carbons (Fsp3) is 0.481. The number of methoxy groups -OCH3 is 1. The van der Waals surface area contributed by atoms with Crippen LogP contribution >= 0.6 is 0 Å². The van der Waals surface area contributed by atoms with Crippen molar-refractivity contribution in [2.24, 2.45) is 0 Å². The van der Waals surface area contributed by atoms with Gasteiger partial charge in [0.15, 0.2) is 5.76 Å². The van der Waals surface area contributed by atoms with Crippen molar-refractivity contribution < 1.29 is 27.5 Å². The minimum Gasteiger partial charge on any atom is -0.480 e. The summed E-state index contributed by atoms with van der Waals surface area (Å²) >= 11 is 0. The van der Waals surface area contributed by atoms with Crippen molar-refractivity contribution in [2.45, 2.75) is 69.9 Å². The van der Waals surface area contributed by atoms with E-state index < -0.39 is 36.9 Å². The zero-order valence-corrected chi connectivity index (χ0v) is 21.1. The maximum absolute atomic E-state index is 13.7. The Morgan fingerprint density at radius 1 is 1.27 bits per heavy atom. The first kappa shape index (κ1) is 26.7. The molecule has 0 unspecified atom stereocenters. The van der Waals surface area contributed by atoms with Gasteiger partial charge >= 0.3 is 0 Å². The maximum Gasteiger partial charge on any atom is 0.262 e. The topological polar surface area (TPSA) is 106 Å². The molecule has 1 aliphatic heterocycles. The minimum absolute atomic E-state index is 0.216. The molecule has 198 valence electrons. The third kappa shape index (κ3) is 6.68. The zero-order chi connectivity index (χ0) is 26.4. The highest BCUT2D eigenvalue weighted by molar-refractivity contribution is 5.85. The summed E-state index contributed by atoms with van der Waals surface area (Å²) in [5.41, 5.74) is 1.38. The SMILES string of the molecule is CCC(=O)CCCCC[C@H](NC(=O)[C@@H]1CC(F)(F)CN1)c1ncc(-c2cc3ccccc3nc2OC)o1. The standard InChI is InChI=1S/C27H32F2N4O4/c1-3-18(34)10-5-4-6-12-21(32-24(35)22-14-27(28,29)16-31-22)26-30-15-23(37-26)19-13-17-9-7-8-11-20(17)33-25(19)36-2/h7-9,11,13,15,21-22,31H,3-6,10,12,14,16H2,1-2H3,(H,32,35)/t21-,22-/m0/s1. The number of carbonyl (C=O) groups excluding carboxylic acids is 2. The van der Waals surface area contributed by atoms with E-state index in [-0.39, 0.29) is 11.7 Å². The van der Waals surface area contributed by atoms with Gasteiger partial charge in [0.2, 0.25) is 17.7 Å². The molecular formula is C27H32F2N4O4. The number of para-hydroxylation sites is 1. The Morgan fingerprint density at radius 2 is 2.08 bits per heavy atom. The molecule has 0 saturated carbocycles. The molecule has 2 aromatic heterocycles. The van der Waals surface area contributed by atoms with Gasteiger partial charge in [0.1, 0.15) is 11.8 Å². The number of halogens is 2. The third-order valence-electron chi connectivity index (χ3n) is 6.56. The third-order valence-corrected chi connectivity index (χ3v) is 6.56. The summed E-state index contributed by atoms with van der Waals surface area (Å²) in [5.74, 6) is -2.16. The summed E-state index contributed by atoms with van der Waals surface area (Å²) < 4.78 is 38.8. The number of ether oxygens (including phenoxy) is 1. The molecule has 1 amide bonds. The van der Waals surface area contributed by atoms with Crippen LogP contribution in [-0.2, 0) is 9.59 Å². The van der Waals surface area contributed by atoms with Crippen LogP contribution in [0.3, 0.4) is 0 Å². The smallest absolute Gasteiger partial charge is 0.262 e. The van der Waals surface area contributed by atoms with E-state index in [4.69, 9.17) is 9.15 Å². The lowest BCUT2D eigenvalue weighted by Gasteiger charge is -2.18. The van der Waals surface area contributed by atoms with E-state index in [0.29, 0.717) is 42.9 Å². The number of fused-ring (bicyclic) bond motifs is 1. The average Bonchev–Trinajstić information content (AvgIpc) is 3.53. The van der Waals surface area contributed by atoms with Crippen molar-refractivity contribution in [1.82, 2.24) is 20.6 Å². The fourth-order valence-corrected chi connectivity index (χ4v) is 4.46. The molecule has 2 N–H and O–H groups in total. The average molecular weight is 515 g/mol. The normalized spacial score (nSPS) is 17.6. The number of hydrogen-bond donors (Lipinski definition) is 2. The molecule has 8 nitrogen and oxygen atoms in total. The fourth-order valence-electron chi connectivity index (χ4n) is 4.46. The highest BCUT2D eigenvalue weighted by Crippen LogP contribution is 2.34. The minimum atomic E-state index is -2.92. The molecular weight excluding hydrogens is 482 g/mol. The highest BCUT2D eigenvalue weighted by Gasteiger charge is 2.42. The summed E-state index contributed by atoms with van der Waals surface area (Å²) in [6.45, 7) is 1.31. The highest BCUT2D eigenvalue weighted by atomic mass is 19.3. The van der Waals surface area contributed by atoms with Gasteiger partial charge in [-0.25, -0.2) is 18.7 Å². The molecule has 2 atom stereocenters. The molecule has 1 aromatic carbocycles. The van der Waals surface area contributed by atoms with Crippen molar-refractivity contribution in [2.75, 3.05) is 13.7 Å². The second-order valence-electron chi connectivity index (χ2n) is 9.35. The number of rotatable bonds is 12. The zero-order valence-electron chi connectivity index (χ0n) is 21.1. The van der Waals surface area contributed by atoms with Crippen molar-refractivity contribution in [3.8, 4) is 17.2 Å². The summed E-state index contributed by atoms with van der Waals surface area (Å²) in [4.78, 5) is 33.3. The number of amides is 1. The predicted molar refractivity (Wildman–Crippen MR) is 134 cm³/mol. The second-order valence-corrected chi connectivity index (χ2v) is 9.35. The second kappa shape index (κ2) is 11.8. The van der Waals surface area contributed by atoms with E-state index in [1.807, 2.05) is 37.3 Å². The number of hydrogen-bond acceptors (Lipinski definition) is 7. The van der Waals surface area contributed by atoms with Gasteiger partial charge in [-0.15, -0.1) is 0 Å². The van der Waals surface area contributed by atoms with Gasteiger partial charge in [-0.2, -0.15) is 0 Å². The van der Waals surface area contributed by atoms with Crippen molar-refractivity contribution in [3.63, 3.8) is 0 Å². The monoisotopic (exact) mass is 514 g/mol. The van der Waals surface area contributed by atoms with Gasteiger partial charge < -0.3 is 14.5 Å². The quantitative estimate of drug-likeness (QED) is 0.328. The molecule has 1 aliphatic rings. The van der Waals surface area contributed by atoms with E-state index in [9.17, 15) is 18.4 Å². The lowest BCUT2D eigenvalue weighted by molar-refractivity contribution is -0.124. The Bertz CT molecular complexity index is 1250. The number of aromatic nitrogens is 2. The number of ketones is 1. The number of oxazole rings is 1. The number of Topliss-reactive ketones (excluding diaryl/α,β-unsaturated/α-hetero) is 1. The van der Waals surface area contributed by atoms with Crippen LogP contribution in [0.25, 0.3) is 22.2 Å². The van der Waals surface area contributed by atoms with Crippen LogP contribution in [0, 0.1) is 0 Å². The van der Waals surface area contributed by atoms with Crippen LogP contribution in [0.2, 0.25) is 0 Å². The van der Waals surface area contributed by atoms with Crippen LogP contribution in [0.5, 0.6) is 5.88 Å². The molecule has 0 aliphatic carbocycles. The number of benzene rings is 1. The molecule has 3 aromatic rings. The van der Waals surface area contributed by atoms with Crippen LogP contribution < -0.4 is 15.4 Å². The molecule has 0 radical (unpaired) electrons. The predicted octanol–water partition coefficient (Wildman–Crippen LogP) is 4.98. The molecule has 1 saturated heterocycles. The van der Waals surface area contributed by atoms with Gasteiger partial charge in [-0.3, -0.25) is 14.9 Å². The van der Waals surface area contributed by atoms with Gasteiger partial charge in [0.25, 0.3) is 5.92 Å². The Labute approximate surface area is 214 Å². The number of carbonyl (C=O) groups is 2. The molecule has 4 rings (SSSR count). The van der Waals surface area contributed by atoms with Crippen molar-refractivity contribution in [3.05, 3.63) is 42.4 Å². The first-order chi connectivity index (χ1) is 17.8. The first-order valence-corrected chi connectivity index (χ1v) is 12.6. The Kier molecular flexibility index (Phi) is 8.48. The summed E-state index contributed by atoms with van der Waals surface area (Å²) in [7, 11) is 1.52. The van der Waals surface area contributed by atoms with E-state index >= 15 is 0 Å². The van der Waals surface area contributed by atoms with Gasteiger partial charge in [-0.1, -0.05) is 38.0 Å². The van der Waals surface area contributed by atoms with E-state index in [1.54, 1.807) is 6.20 Å². The maximum atomic E-state index is 13.7. The van der Waals surface area contributed by atoms with Crippen molar-refractivity contribution >= 4 is 22.6 Å². The van der Waals surface area contributed by atoms with Crippen molar-refractivity contribution in [1.29, 1.82) is 0 Å². The lowest BCUT2D eigenvalue weighted by atomic mass is 10.0. The molecule has 37 heavy (non-hydrogen) atoms. The summed E-state index contributed by atoms with van der Waals surface area (Å²) in [6.07, 6.45) is 4.76. The molecule has 0 bridgehead atoms. The van der Waals surface area contributed by atoms with Crippen LogP contribution in [0.15, 0.2) is 40.9 Å². The van der Waals surface area contributed by atoms with Crippen LogP contribution in [-0.4, -0.2) is 47.3 Å². The van der Waals surface area contributed by atoms with Crippen LogP contribution in [0.4, 0.5) is 8.78 Å². The van der Waals surface area contributed by atoms with E-state index in [2.05, 4.69) is 20.6 Å². The molecule has 3 heterocycles. The Morgan fingerprint density at radius 3 is 2.81 bits per heavy atom. The first-order valence-electron chi connectivity index (χ1n) is 12.6. The van der Waals surface area contributed by atoms with Crippen LogP contribution in [0.1, 0.15) is 63.8 Å². The lowest BCUT2D eigenvalue weighted by Crippen LogP contribution is -2.42. The molecule has 0 spiro atoms. The summed E-state index contributed by atoms with van der Waals surface area (Å²) in [6, 6.07) is 7.91. The number of alkyl halides is 2. The summed E-state index contributed by atoms with van der Waals surface area (Å²) in [5, 5.41) is 6.33. The Hall–Kier alpha value is -3.40. The Balaban J connectivity index is 1.53. The number of pyridine rings is 1. The van der Waals surface area contributed by atoms with Gasteiger partial charge in [0.05, 0.1) is 37.0 Å². The van der Waals surface area contributed by atoms with Gasteiger partial charge in [-0.05, 0) is 25.0 Å². The largest absolute Gasteiger partial charge is 0.480 e. The number of unbranched alkanes of at least 4 members (excludes halogenated alkanes) is 2. The number of nitrogens with one attached hydrogen (secondary N) is 2. The van der Waals surface area contributed by atoms with E-state index in [1.165, 1.54) is 7.11 Å². The van der Waals surface area contributed by atoms with Gasteiger partial charge in [0, 0.05) is 24.6 Å².